The van der Waals surface area contributed by atoms with Crippen molar-refractivity contribution in [1.29, 1.82) is 0 Å². The van der Waals surface area contributed by atoms with Gasteiger partial charge in [-0.1, -0.05) is 18.2 Å². The van der Waals surface area contributed by atoms with Crippen molar-refractivity contribution in [3.8, 4) is 0 Å². The van der Waals surface area contributed by atoms with Gasteiger partial charge >= 0.3 is 11.6 Å². The minimum atomic E-state index is -0.840. The van der Waals surface area contributed by atoms with Crippen molar-refractivity contribution in [3.05, 3.63) is 44.0 Å². The molecule has 0 amide bonds. The Bertz CT molecular complexity index is 645. The first-order chi connectivity index (χ1) is 8.59. The molecule has 1 aromatic carbocycles. The second kappa shape index (κ2) is 5.51. The summed E-state index contributed by atoms with van der Waals surface area (Å²) >= 11 is 2.13. The molecule has 18 heavy (non-hydrogen) atoms. The van der Waals surface area contributed by atoms with Crippen LogP contribution in [0.25, 0.3) is 10.8 Å². The zero-order valence-electron chi connectivity index (χ0n) is 9.48. The molecule has 0 aliphatic rings. The molecule has 0 bridgehead atoms. The van der Waals surface area contributed by atoms with Crippen LogP contribution in [0.1, 0.15) is 18.6 Å². The fraction of sp³-hybridized carbons (Fsp3) is 0.231. The van der Waals surface area contributed by atoms with Crippen molar-refractivity contribution >= 4 is 39.3 Å². The van der Waals surface area contributed by atoms with E-state index in [1.165, 1.54) is 0 Å². The summed E-state index contributed by atoms with van der Waals surface area (Å²) in [7, 11) is 0. The van der Waals surface area contributed by atoms with Crippen molar-refractivity contribution < 1.29 is 14.3 Å². The van der Waals surface area contributed by atoms with Gasteiger partial charge in [0, 0.05) is 18.2 Å². The maximum Gasteiger partial charge on any atom is 0.343 e. The molecule has 94 valence electrons. The number of halogens is 1. The monoisotopic (exact) mass is 358 g/mol. The predicted molar refractivity (Wildman–Crippen MR) is 75.8 cm³/mol. The lowest BCUT2D eigenvalue weighted by Crippen LogP contribution is -2.06. The Labute approximate surface area is 117 Å². The predicted octanol–water partition coefficient (Wildman–Crippen LogP) is 2.80. The number of hydrogen-bond donors (Lipinski definition) is 1. The van der Waals surface area contributed by atoms with Crippen LogP contribution in [0, 0.1) is 3.57 Å². The third-order valence-corrected chi connectivity index (χ3v) is 3.82. The number of rotatable bonds is 4. The molecule has 2 aromatic rings. The fourth-order valence-corrected chi connectivity index (χ4v) is 2.63. The van der Waals surface area contributed by atoms with E-state index < -0.39 is 5.97 Å². The molecule has 0 aliphatic carbocycles. The molecule has 0 radical (unpaired) electrons. The van der Waals surface area contributed by atoms with Crippen molar-refractivity contribution in [1.82, 2.24) is 0 Å². The summed E-state index contributed by atoms with van der Waals surface area (Å²) < 4.78 is 6.13. The van der Waals surface area contributed by atoms with Gasteiger partial charge in [0.2, 0.25) is 0 Å². The second-order valence-electron chi connectivity index (χ2n) is 3.92. The van der Waals surface area contributed by atoms with Gasteiger partial charge in [0.05, 0.1) is 8.96 Å². The number of carboxylic acids is 1. The molecule has 0 fully saturated rings. The summed E-state index contributed by atoms with van der Waals surface area (Å²) in [4.78, 5) is 22.2. The van der Waals surface area contributed by atoms with Gasteiger partial charge in [-0.3, -0.25) is 4.79 Å². The number of fused-ring (bicyclic) bond motifs is 1. The van der Waals surface area contributed by atoms with Crippen molar-refractivity contribution in [3.63, 3.8) is 0 Å². The van der Waals surface area contributed by atoms with Crippen molar-refractivity contribution in [2.45, 2.75) is 19.3 Å². The number of carbonyl (C=O) groups is 1. The molecule has 0 spiro atoms. The topological polar surface area (TPSA) is 67.5 Å². The highest BCUT2D eigenvalue weighted by Crippen LogP contribution is 2.22. The molecule has 1 aromatic heterocycles. The van der Waals surface area contributed by atoms with Crippen LogP contribution in [0.2, 0.25) is 0 Å². The lowest BCUT2D eigenvalue weighted by molar-refractivity contribution is -0.137. The van der Waals surface area contributed by atoms with Gasteiger partial charge in [-0.15, -0.1) is 0 Å². The number of hydrogen-bond acceptors (Lipinski definition) is 3. The van der Waals surface area contributed by atoms with Crippen LogP contribution in [0.4, 0.5) is 0 Å². The van der Waals surface area contributed by atoms with Gasteiger partial charge in [0.15, 0.2) is 0 Å². The Hall–Kier alpha value is -1.37. The Morgan fingerprint density at radius 2 is 1.94 bits per heavy atom. The minimum absolute atomic E-state index is 0.0760. The first kappa shape index (κ1) is 13.1. The van der Waals surface area contributed by atoms with Gasteiger partial charge in [-0.2, -0.15) is 0 Å². The van der Waals surface area contributed by atoms with Crippen LogP contribution in [-0.4, -0.2) is 11.1 Å². The normalized spacial score (nSPS) is 10.7. The molecule has 0 saturated carbocycles. The molecular formula is C13H11IO4. The van der Waals surface area contributed by atoms with Gasteiger partial charge < -0.3 is 9.52 Å². The highest BCUT2D eigenvalue weighted by atomic mass is 127. The minimum Gasteiger partial charge on any atom is -0.481 e. The van der Waals surface area contributed by atoms with E-state index in [4.69, 9.17) is 9.52 Å². The lowest BCUT2D eigenvalue weighted by Gasteiger charge is -2.05. The smallest absolute Gasteiger partial charge is 0.343 e. The third-order valence-electron chi connectivity index (χ3n) is 2.64. The average molecular weight is 358 g/mol. The average Bonchev–Trinajstić information content (AvgIpc) is 2.35. The molecular weight excluding hydrogens is 347 g/mol. The Morgan fingerprint density at radius 3 is 2.61 bits per heavy atom. The Balaban J connectivity index is 2.37. The number of benzene rings is 1. The van der Waals surface area contributed by atoms with E-state index in [-0.39, 0.29) is 12.0 Å². The summed E-state index contributed by atoms with van der Waals surface area (Å²) in [6, 6.07) is 7.25. The van der Waals surface area contributed by atoms with Crippen LogP contribution in [-0.2, 0) is 11.2 Å². The van der Waals surface area contributed by atoms with Crippen molar-refractivity contribution in [2.75, 3.05) is 0 Å². The quantitative estimate of drug-likeness (QED) is 0.854. The first-order valence-corrected chi connectivity index (χ1v) is 6.59. The van der Waals surface area contributed by atoms with Gasteiger partial charge in [0.1, 0.15) is 5.76 Å². The van der Waals surface area contributed by atoms with E-state index >= 15 is 0 Å². The van der Waals surface area contributed by atoms with E-state index in [1.54, 1.807) is 12.1 Å². The van der Waals surface area contributed by atoms with E-state index in [9.17, 15) is 9.59 Å². The maximum atomic E-state index is 11.8. The van der Waals surface area contributed by atoms with Crippen LogP contribution < -0.4 is 5.63 Å². The summed E-state index contributed by atoms with van der Waals surface area (Å²) in [5, 5.41) is 10.0. The standard InChI is InChI=1S/C13H11IO4/c14-12-8-4-1-2-5-9(8)13(17)18-10(12)6-3-7-11(15)16/h1-2,4-5H,3,6-7H2,(H,15,16). The highest BCUT2D eigenvalue weighted by Gasteiger charge is 2.11. The van der Waals surface area contributed by atoms with Crippen molar-refractivity contribution in [2.24, 2.45) is 0 Å². The van der Waals surface area contributed by atoms with Crippen LogP contribution in [0.15, 0.2) is 33.5 Å². The maximum absolute atomic E-state index is 11.8. The summed E-state index contributed by atoms with van der Waals surface area (Å²) in [6.07, 6.45) is 1.00. The van der Waals surface area contributed by atoms with E-state index in [1.807, 2.05) is 12.1 Å². The highest BCUT2D eigenvalue weighted by molar-refractivity contribution is 14.1. The third kappa shape index (κ3) is 2.72. The summed E-state index contributed by atoms with van der Waals surface area (Å²) in [5.41, 5.74) is -0.364. The fourth-order valence-electron chi connectivity index (χ4n) is 1.78. The van der Waals surface area contributed by atoms with E-state index in [0.717, 1.165) is 8.96 Å². The molecule has 0 unspecified atom stereocenters. The summed E-state index contributed by atoms with van der Waals surface area (Å²) in [5.74, 6) is -0.270. The van der Waals surface area contributed by atoms with E-state index in [2.05, 4.69) is 22.6 Å². The molecule has 5 heteroatoms. The largest absolute Gasteiger partial charge is 0.481 e. The molecule has 1 N–H and O–H groups in total. The zero-order valence-corrected chi connectivity index (χ0v) is 11.6. The first-order valence-electron chi connectivity index (χ1n) is 5.51. The Kier molecular flexibility index (Phi) is 4.00. The zero-order chi connectivity index (χ0) is 13.1. The molecule has 0 aliphatic heterocycles. The SMILES string of the molecule is O=C(O)CCCc1oc(=O)c2ccccc2c1I. The molecule has 0 atom stereocenters. The second-order valence-corrected chi connectivity index (χ2v) is 5.00. The number of carboxylic acid groups (broad SMARTS) is 1. The molecule has 2 rings (SSSR count). The summed E-state index contributed by atoms with van der Waals surface area (Å²) in [6.45, 7) is 0. The molecule has 4 nitrogen and oxygen atoms in total. The van der Waals surface area contributed by atoms with Crippen LogP contribution in [0.3, 0.4) is 0 Å². The Morgan fingerprint density at radius 1 is 1.28 bits per heavy atom. The van der Waals surface area contributed by atoms with Gasteiger partial charge in [-0.05, 0) is 35.1 Å². The van der Waals surface area contributed by atoms with Crippen LogP contribution >= 0.6 is 22.6 Å². The van der Waals surface area contributed by atoms with E-state index in [0.29, 0.717) is 24.0 Å². The molecule has 0 saturated heterocycles. The van der Waals surface area contributed by atoms with Gasteiger partial charge in [-0.25, -0.2) is 4.79 Å². The lowest BCUT2D eigenvalue weighted by atomic mass is 10.1. The number of aliphatic carboxylic acids is 1. The van der Waals surface area contributed by atoms with Crippen LogP contribution in [0.5, 0.6) is 0 Å². The molecule has 1 heterocycles. The number of aryl methyl sites for hydroxylation is 1. The van der Waals surface area contributed by atoms with Gasteiger partial charge in [0.25, 0.3) is 0 Å².